The number of benzene rings is 2. The van der Waals surface area contributed by atoms with Crippen LogP contribution >= 0.6 is 11.6 Å². The second-order valence-electron chi connectivity index (χ2n) is 4.68. The molecule has 132 valence electrons. The fraction of sp³-hybridized carbons (Fsp3) is 0.0714. The first-order valence-electron chi connectivity index (χ1n) is 6.51. The number of amides is 1. The average Bonchev–Trinajstić information content (AvgIpc) is 2.55. The summed E-state index contributed by atoms with van der Waals surface area (Å²) in [5.74, 6) is -4.58. The van der Waals surface area contributed by atoms with Gasteiger partial charge in [0.1, 0.15) is 5.02 Å². The molecule has 0 unspecified atom stereocenters. The third kappa shape index (κ3) is 3.91. The Morgan fingerprint density at radius 2 is 1.84 bits per heavy atom. The second-order valence-corrected chi connectivity index (χ2v) is 6.97. The van der Waals surface area contributed by atoms with Gasteiger partial charge in [-0.2, -0.15) is 8.78 Å². The lowest BCUT2D eigenvalue weighted by molar-refractivity contribution is -0.384. The number of carbonyl (C=O) groups is 1. The molecule has 0 fully saturated rings. The van der Waals surface area contributed by atoms with Gasteiger partial charge in [0.15, 0.2) is 0 Å². The molecule has 1 amide bonds. The molecule has 0 aliphatic heterocycles. The first-order chi connectivity index (χ1) is 11.6. The number of anilines is 1. The summed E-state index contributed by atoms with van der Waals surface area (Å²) in [7, 11) is -4.94. The molecular weight excluding hydrogens is 382 g/mol. The molecule has 11 heteroatoms. The Morgan fingerprint density at radius 1 is 1.20 bits per heavy atom. The van der Waals surface area contributed by atoms with Crippen molar-refractivity contribution in [3.8, 4) is 0 Å². The monoisotopic (exact) mass is 390 g/mol. The molecule has 0 atom stereocenters. The summed E-state index contributed by atoms with van der Waals surface area (Å²) >= 11 is 5.64. The predicted molar refractivity (Wildman–Crippen MR) is 85.7 cm³/mol. The fourth-order valence-corrected chi connectivity index (χ4v) is 2.97. The zero-order valence-corrected chi connectivity index (χ0v) is 13.7. The van der Waals surface area contributed by atoms with Gasteiger partial charge >= 0.3 is 5.76 Å². The molecule has 0 spiro atoms. The van der Waals surface area contributed by atoms with E-state index in [2.05, 4.69) is 5.32 Å². The Labute approximate surface area is 145 Å². The van der Waals surface area contributed by atoms with Crippen molar-refractivity contribution in [1.29, 1.82) is 0 Å². The number of alkyl halides is 2. The number of hydrogen-bond acceptors (Lipinski definition) is 5. The number of para-hydroxylation sites is 1. The molecule has 0 bridgehead atoms. The summed E-state index contributed by atoms with van der Waals surface area (Å²) in [6, 6.07) is 7.79. The molecular formula is C14H9ClF2N2O5S. The topological polar surface area (TPSA) is 106 Å². The standard InChI is InChI=1S/C14H9ClF2N2O5S/c15-9-6-5-8(7-11(9)19(21)22)13(20)18-10-3-1-2-4-12(10)25(23,24)14(16)17/h1-7,14H,(H,18,20). The molecule has 0 aliphatic rings. The van der Waals surface area contributed by atoms with Crippen molar-refractivity contribution < 1.29 is 26.9 Å². The van der Waals surface area contributed by atoms with Crippen molar-refractivity contribution in [2.45, 2.75) is 10.7 Å². The first kappa shape index (κ1) is 18.7. The van der Waals surface area contributed by atoms with Gasteiger partial charge in [0.25, 0.3) is 11.6 Å². The maximum Gasteiger partial charge on any atom is 0.341 e. The highest BCUT2D eigenvalue weighted by atomic mass is 35.5. The Hall–Kier alpha value is -2.59. The van der Waals surface area contributed by atoms with Gasteiger partial charge < -0.3 is 5.32 Å². The summed E-state index contributed by atoms with van der Waals surface area (Å²) in [4.78, 5) is 21.5. The number of halogens is 3. The minimum Gasteiger partial charge on any atom is -0.321 e. The van der Waals surface area contributed by atoms with Crippen molar-refractivity contribution in [1.82, 2.24) is 0 Å². The largest absolute Gasteiger partial charge is 0.341 e. The Kier molecular flexibility index (Phi) is 5.33. The second kappa shape index (κ2) is 7.11. The van der Waals surface area contributed by atoms with Crippen LogP contribution < -0.4 is 5.32 Å². The van der Waals surface area contributed by atoms with Crippen LogP contribution in [0.1, 0.15) is 10.4 Å². The smallest absolute Gasteiger partial charge is 0.321 e. The molecule has 2 aromatic rings. The van der Waals surface area contributed by atoms with Crippen LogP contribution in [0.2, 0.25) is 5.02 Å². The molecule has 2 rings (SSSR count). The Balaban J connectivity index is 2.40. The van der Waals surface area contributed by atoms with E-state index in [1.807, 2.05) is 0 Å². The Bertz CT molecular complexity index is 950. The van der Waals surface area contributed by atoms with E-state index in [4.69, 9.17) is 11.6 Å². The van der Waals surface area contributed by atoms with Gasteiger partial charge in [-0.15, -0.1) is 0 Å². The summed E-state index contributed by atoms with van der Waals surface area (Å²) in [5, 5.41) is 12.8. The zero-order chi connectivity index (χ0) is 18.8. The molecule has 1 N–H and O–H groups in total. The number of hydrogen-bond donors (Lipinski definition) is 1. The highest BCUT2D eigenvalue weighted by molar-refractivity contribution is 7.91. The molecule has 0 aliphatic carbocycles. The van der Waals surface area contributed by atoms with E-state index in [1.165, 1.54) is 18.2 Å². The van der Waals surface area contributed by atoms with Crippen LogP contribution in [0.3, 0.4) is 0 Å². The predicted octanol–water partition coefficient (Wildman–Crippen LogP) is 3.50. The van der Waals surface area contributed by atoms with Gasteiger partial charge in [-0.1, -0.05) is 23.7 Å². The summed E-state index contributed by atoms with van der Waals surface area (Å²) in [5.41, 5.74) is -1.09. The van der Waals surface area contributed by atoms with Crippen LogP contribution in [-0.2, 0) is 9.84 Å². The third-order valence-corrected chi connectivity index (χ3v) is 4.84. The molecule has 25 heavy (non-hydrogen) atoms. The van der Waals surface area contributed by atoms with E-state index >= 15 is 0 Å². The maximum absolute atomic E-state index is 12.7. The lowest BCUT2D eigenvalue weighted by Crippen LogP contribution is -2.18. The minimum atomic E-state index is -4.94. The lowest BCUT2D eigenvalue weighted by Gasteiger charge is -2.11. The number of rotatable bonds is 5. The average molecular weight is 391 g/mol. The van der Waals surface area contributed by atoms with Gasteiger partial charge in [0, 0.05) is 11.6 Å². The number of sulfone groups is 1. The maximum atomic E-state index is 12.7. The van der Waals surface area contributed by atoms with Crippen LogP contribution in [0.25, 0.3) is 0 Å². The first-order valence-corrected chi connectivity index (χ1v) is 8.43. The van der Waals surface area contributed by atoms with E-state index in [-0.39, 0.29) is 16.3 Å². The van der Waals surface area contributed by atoms with Gasteiger partial charge in [-0.05, 0) is 24.3 Å². The van der Waals surface area contributed by atoms with Gasteiger partial charge in [-0.25, -0.2) is 8.42 Å². The van der Waals surface area contributed by atoms with E-state index in [9.17, 15) is 32.1 Å². The van der Waals surface area contributed by atoms with E-state index < -0.39 is 37.0 Å². The zero-order valence-electron chi connectivity index (χ0n) is 12.1. The number of nitrogens with zero attached hydrogens (tertiary/aromatic N) is 1. The van der Waals surface area contributed by atoms with Crippen LogP contribution in [0.5, 0.6) is 0 Å². The molecule has 0 saturated heterocycles. The molecule has 0 radical (unpaired) electrons. The van der Waals surface area contributed by atoms with Crippen LogP contribution in [0.4, 0.5) is 20.2 Å². The van der Waals surface area contributed by atoms with Gasteiger partial charge in [-0.3, -0.25) is 14.9 Å². The number of nitro groups is 1. The van der Waals surface area contributed by atoms with Gasteiger partial charge in [0.2, 0.25) is 9.84 Å². The van der Waals surface area contributed by atoms with Gasteiger partial charge in [0.05, 0.1) is 15.5 Å². The molecule has 0 saturated carbocycles. The SMILES string of the molecule is O=C(Nc1ccccc1S(=O)(=O)C(F)F)c1ccc(Cl)c([N+](=O)[O-])c1. The van der Waals surface area contributed by atoms with Crippen molar-refractivity contribution in [2.75, 3.05) is 5.32 Å². The van der Waals surface area contributed by atoms with E-state index in [0.29, 0.717) is 0 Å². The number of carbonyl (C=O) groups excluding carboxylic acids is 1. The van der Waals surface area contributed by atoms with Crippen LogP contribution in [-0.4, -0.2) is 25.0 Å². The molecule has 0 heterocycles. The van der Waals surface area contributed by atoms with Crippen LogP contribution in [0.15, 0.2) is 47.4 Å². The molecule has 0 aromatic heterocycles. The Morgan fingerprint density at radius 3 is 2.44 bits per heavy atom. The summed E-state index contributed by atoms with van der Waals surface area (Å²) in [6.45, 7) is 0. The van der Waals surface area contributed by atoms with Crippen molar-refractivity contribution in [3.05, 3.63) is 63.2 Å². The summed E-state index contributed by atoms with van der Waals surface area (Å²) < 4.78 is 48.8. The van der Waals surface area contributed by atoms with E-state index in [0.717, 1.165) is 24.3 Å². The van der Waals surface area contributed by atoms with E-state index in [1.54, 1.807) is 0 Å². The number of nitro benzene ring substituents is 1. The van der Waals surface area contributed by atoms with Crippen molar-refractivity contribution >= 4 is 38.7 Å². The fourth-order valence-electron chi connectivity index (χ4n) is 1.90. The third-order valence-electron chi connectivity index (χ3n) is 3.08. The normalized spacial score (nSPS) is 11.4. The van der Waals surface area contributed by atoms with Crippen LogP contribution in [0, 0.1) is 10.1 Å². The minimum absolute atomic E-state index is 0.192. The quantitative estimate of drug-likeness (QED) is 0.621. The highest BCUT2D eigenvalue weighted by Gasteiger charge is 2.29. The molecule has 2 aromatic carbocycles. The van der Waals surface area contributed by atoms with Crippen molar-refractivity contribution in [2.24, 2.45) is 0 Å². The summed E-state index contributed by atoms with van der Waals surface area (Å²) in [6.07, 6.45) is 0. The molecule has 7 nitrogen and oxygen atoms in total. The number of nitrogens with one attached hydrogen (secondary N) is 1. The highest BCUT2D eigenvalue weighted by Crippen LogP contribution is 2.28. The van der Waals surface area contributed by atoms with Crippen molar-refractivity contribution in [3.63, 3.8) is 0 Å². The lowest BCUT2D eigenvalue weighted by atomic mass is 10.2.